The number of nitrogens with zero attached hydrogens (tertiary/aromatic N) is 2. The Morgan fingerprint density at radius 1 is 1.50 bits per heavy atom. The van der Waals surface area contributed by atoms with E-state index in [1.807, 2.05) is 6.08 Å². The maximum Gasteiger partial charge on any atom is 0.236 e. The topological polar surface area (TPSA) is 55.8 Å². The lowest BCUT2D eigenvalue weighted by molar-refractivity contribution is -0.133. The first-order chi connectivity index (χ1) is 10.6. The molecule has 1 rings (SSSR count). The van der Waals surface area contributed by atoms with Crippen molar-refractivity contribution in [3.05, 3.63) is 37.5 Å². The smallest absolute Gasteiger partial charge is 0.236 e. The van der Waals surface area contributed by atoms with E-state index in [4.69, 9.17) is 0 Å². The normalized spacial score (nSPS) is 16.6. The molecule has 0 aromatic rings. The fourth-order valence-corrected chi connectivity index (χ4v) is 2.50. The third kappa shape index (κ3) is 7.02. The number of hydrogen-bond acceptors (Lipinski definition) is 4. The second-order valence-corrected chi connectivity index (χ2v) is 5.70. The van der Waals surface area contributed by atoms with Crippen LogP contribution in [0.3, 0.4) is 0 Å². The molecule has 1 heterocycles. The van der Waals surface area contributed by atoms with Gasteiger partial charge in [0.15, 0.2) is 0 Å². The van der Waals surface area contributed by atoms with Gasteiger partial charge in [-0.15, -0.1) is 6.58 Å². The van der Waals surface area contributed by atoms with Crippen molar-refractivity contribution in [1.82, 2.24) is 15.1 Å². The minimum absolute atomic E-state index is 0.0546. The molecule has 22 heavy (non-hydrogen) atoms. The molecule has 0 spiro atoms. The van der Waals surface area contributed by atoms with Gasteiger partial charge >= 0.3 is 0 Å². The number of carbonyl (C=O) groups is 1. The lowest BCUT2D eigenvalue weighted by Gasteiger charge is -2.31. The summed E-state index contributed by atoms with van der Waals surface area (Å²) in [7, 11) is 0. The number of aliphatic hydroxyl groups excluding tert-OH is 1. The maximum atomic E-state index is 11.8. The van der Waals surface area contributed by atoms with Gasteiger partial charge < -0.3 is 15.3 Å². The fourth-order valence-electron chi connectivity index (χ4n) is 2.50. The molecule has 1 saturated heterocycles. The van der Waals surface area contributed by atoms with E-state index in [9.17, 15) is 9.90 Å². The average Bonchev–Trinajstić information content (AvgIpc) is 2.49. The summed E-state index contributed by atoms with van der Waals surface area (Å²) in [4.78, 5) is 15.6. The number of β-amino-alcohol motifs (C(OH)–C–C–N with tert-alkyl or cyclic N) is 1. The molecule has 0 aromatic heterocycles. The number of allylic oxidation sites excluding steroid dienone is 1. The van der Waals surface area contributed by atoms with Crippen LogP contribution in [0.4, 0.5) is 0 Å². The lowest BCUT2D eigenvalue weighted by atomic mass is 10.2. The number of nitrogens with one attached hydrogen (secondary N) is 1. The van der Waals surface area contributed by atoms with Gasteiger partial charge in [0, 0.05) is 32.7 Å². The number of amides is 1. The van der Waals surface area contributed by atoms with Crippen molar-refractivity contribution in [3.8, 4) is 0 Å². The van der Waals surface area contributed by atoms with Gasteiger partial charge in [0.05, 0.1) is 12.6 Å². The monoisotopic (exact) mass is 307 g/mol. The van der Waals surface area contributed by atoms with Gasteiger partial charge in [-0.05, 0) is 25.0 Å². The summed E-state index contributed by atoms with van der Waals surface area (Å²) in [5, 5.41) is 13.3. The van der Waals surface area contributed by atoms with Crippen molar-refractivity contribution in [2.75, 3.05) is 45.8 Å². The second-order valence-electron chi connectivity index (χ2n) is 5.70. The molecule has 0 bridgehead atoms. The third-order valence-corrected chi connectivity index (χ3v) is 3.69. The van der Waals surface area contributed by atoms with Crippen LogP contribution in [0.1, 0.15) is 12.8 Å². The Morgan fingerprint density at radius 2 is 2.27 bits per heavy atom. The summed E-state index contributed by atoms with van der Waals surface area (Å²) >= 11 is 0. The number of rotatable bonds is 11. The molecular formula is C17H29N3O2. The second kappa shape index (κ2) is 10.3. The Kier molecular flexibility index (Phi) is 8.74. The molecule has 5 nitrogen and oxygen atoms in total. The van der Waals surface area contributed by atoms with Crippen LogP contribution >= 0.6 is 0 Å². The summed E-state index contributed by atoms with van der Waals surface area (Å²) in [5.74, 6) is 0.0546. The quantitative estimate of drug-likeness (QED) is 0.337. The van der Waals surface area contributed by atoms with E-state index in [1.54, 1.807) is 11.0 Å². The molecule has 1 aliphatic heterocycles. The van der Waals surface area contributed by atoms with E-state index < -0.39 is 6.10 Å². The Hall–Kier alpha value is -1.43. The van der Waals surface area contributed by atoms with Crippen LogP contribution in [0.15, 0.2) is 37.5 Å². The SMILES string of the molecule is C=CCCCN(CC(=C)C=C)CC(O)CN1CCNCC1=O. The molecule has 1 aliphatic rings. The molecule has 0 aromatic carbocycles. The Bertz CT molecular complexity index is 395. The van der Waals surface area contributed by atoms with Gasteiger partial charge in [0.25, 0.3) is 0 Å². The number of piperazine rings is 1. The van der Waals surface area contributed by atoms with E-state index in [1.165, 1.54) is 0 Å². The first-order valence-corrected chi connectivity index (χ1v) is 7.86. The van der Waals surface area contributed by atoms with E-state index in [0.29, 0.717) is 32.7 Å². The van der Waals surface area contributed by atoms with Gasteiger partial charge in [0.1, 0.15) is 0 Å². The first kappa shape index (κ1) is 18.6. The average molecular weight is 307 g/mol. The predicted molar refractivity (Wildman–Crippen MR) is 90.7 cm³/mol. The van der Waals surface area contributed by atoms with E-state index >= 15 is 0 Å². The first-order valence-electron chi connectivity index (χ1n) is 7.86. The molecule has 1 atom stereocenters. The van der Waals surface area contributed by atoms with Crippen LogP contribution < -0.4 is 5.32 Å². The number of aliphatic hydroxyl groups is 1. The predicted octanol–water partition coefficient (Wildman–Crippen LogP) is 0.789. The molecule has 0 saturated carbocycles. The van der Waals surface area contributed by atoms with Crippen molar-refractivity contribution in [3.63, 3.8) is 0 Å². The Labute approximate surface area is 134 Å². The zero-order valence-electron chi connectivity index (χ0n) is 13.5. The van der Waals surface area contributed by atoms with Crippen molar-refractivity contribution in [2.45, 2.75) is 18.9 Å². The van der Waals surface area contributed by atoms with E-state index in [-0.39, 0.29) is 5.91 Å². The maximum absolute atomic E-state index is 11.8. The lowest BCUT2D eigenvalue weighted by Crippen LogP contribution is -2.51. The van der Waals surface area contributed by atoms with Crippen LogP contribution in [0.25, 0.3) is 0 Å². The molecule has 124 valence electrons. The van der Waals surface area contributed by atoms with Crippen molar-refractivity contribution in [1.29, 1.82) is 0 Å². The summed E-state index contributed by atoms with van der Waals surface area (Å²) in [6.45, 7) is 15.7. The van der Waals surface area contributed by atoms with Gasteiger partial charge in [-0.3, -0.25) is 9.69 Å². The minimum Gasteiger partial charge on any atom is -0.390 e. The standard InChI is InChI=1S/C17H29N3O2/c1-4-6-7-9-19(12-15(3)5-2)13-16(21)14-20-10-8-18-11-17(20)22/h4-5,16,18,21H,1-3,6-14H2. The molecule has 0 aliphatic carbocycles. The molecule has 1 fully saturated rings. The van der Waals surface area contributed by atoms with Crippen LogP contribution in [-0.2, 0) is 4.79 Å². The molecule has 1 unspecified atom stereocenters. The van der Waals surface area contributed by atoms with Crippen LogP contribution in [-0.4, -0.2) is 72.7 Å². The summed E-state index contributed by atoms with van der Waals surface area (Å²) in [5.41, 5.74) is 0.934. The summed E-state index contributed by atoms with van der Waals surface area (Å²) in [6, 6.07) is 0. The van der Waals surface area contributed by atoms with Crippen LogP contribution in [0, 0.1) is 0 Å². The highest BCUT2D eigenvalue weighted by Gasteiger charge is 2.21. The molecule has 1 amide bonds. The summed E-state index contributed by atoms with van der Waals surface area (Å²) in [6.07, 6.45) is 5.03. The Balaban J connectivity index is 2.46. The highest BCUT2D eigenvalue weighted by Crippen LogP contribution is 2.05. The molecule has 0 radical (unpaired) electrons. The highest BCUT2D eigenvalue weighted by molar-refractivity contribution is 5.79. The number of hydrogen-bond donors (Lipinski definition) is 2. The Morgan fingerprint density at radius 3 is 2.91 bits per heavy atom. The van der Waals surface area contributed by atoms with Crippen molar-refractivity contribution >= 4 is 5.91 Å². The molecule has 5 heteroatoms. The zero-order chi connectivity index (χ0) is 16.4. The zero-order valence-corrected chi connectivity index (χ0v) is 13.5. The fraction of sp³-hybridized carbons (Fsp3) is 0.588. The largest absolute Gasteiger partial charge is 0.390 e. The van der Waals surface area contributed by atoms with Crippen molar-refractivity contribution < 1.29 is 9.90 Å². The highest BCUT2D eigenvalue weighted by atomic mass is 16.3. The number of unbranched alkanes of at least 4 members (excludes halogenated alkanes) is 1. The van der Waals surface area contributed by atoms with Gasteiger partial charge in [0.2, 0.25) is 5.91 Å². The van der Waals surface area contributed by atoms with Crippen molar-refractivity contribution in [2.24, 2.45) is 0 Å². The van der Waals surface area contributed by atoms with Gasteiger partial charge in [-0.2, -0.15) is 0 Å². The van der Waals surface area contributed by atoms with Gasteiger partial charge in [-0.25, -0.2) is 0 Å². The minimum atomic E-state index is -0.552. The van der Waals surface area contributed by atoms with E-state index in [0.717, 1.165) is 31.5 Å². The van der Waals surface area contributed by atoms with Gasteiger partial charge in [-0.1, -0.05) is 25.3 Å². The molecular weight excluding hydrogens is 278 g/mol. The van der Waals surface area contributed by atoms with Crippen LogP contribution in [0.2, 0.25) is 0 Å². The van der Waals surface area contributed by atoms with Crippen LogP contribution in [0.5, 0.6) is 0 Å². The summed E-state index contributed by atoms with van der Waals surface area (Å²) < 4.78 is 0. The number of carbonyl (C=O) groups excluding carboxylic acids is 1. The van der Waals surface area contributed by atoms with E-state index in [2.05, 4.69) is 30.0 Å². The third-order valence-electron chi connectivity index (χ3n) is 3.69. The molecule has 2 N–H and O–H groups in total.